The molecule has 14 heteroatoms. The quantitative estimate of drug-likeness (QED) is 0.324. The van der Waals surface area contributed by atoms with Crippen molar-refractivity contribution in [2.24, 2.45) is 3.21 Å². The van der Waals surface area contributed by atoms with E-state index in [2.05, 4.69) is 13.6 Å². The fourth-order valence-electron chi connectivity index (χ4n) is 3.80. The molecule has 1 amide bonds. The Morgan fingerprint density at radius 2 is 2.05 bits per heavy atom. The van der Waals surface area contributed by atoms with Crippen LogP contribution in [0.5, 0.6) is 5.75 Å². The van der Waals surface area contributed by atoms with Crippen molar-refractivity contribution >= 4 is 42.9 Å². The average Bonchev–Trinajstić information content (AvgIpc) is 3.46. The van der Waals surface area contributed by atoms with E-state index in [0.29, 0.717) is 13.8 Å². The van der Waals surface area contributed by atoms with Gasteiger partial charge in [0.2, 0.25) is 0 Å². The second-order valence-electron chi connectivity index (χ2n) is 7.95. The summed E-state index contributed by atoms with van der Waals surface area (Å²) in [5, 5.41) is 16.1. The summed E-state index contributed by atoms with van der Waals surface area (Å²) in [6.07, 6.45) is -3.22. The van der Waals surface area contributed by atoms with E-state index >= 15 is 4.39 Å². The number of nitrogen functional groups attached to an aromatic ring is 1. The van der Waals surface area contributed by atoms with E-state index in [1.54, 1.807) is 6.07 Å². The number of hydrogen-bond acceptors (Lipinski definition) is 6. The Morgan fingerprint density at radius 3 is 2.70 bits per heavy atom. The number of nitriles is 1. The third-order valence-electron chi connectivity index (χ3n) is 5.78. The molecule has 0 bridgehead atoms. The molecule has 1 aromatic heterocycles. The molecule has 0 spiro atoms. The molecule has 37 heavy (non-hydrogen) atoms. The Labute approximate surface area is 217 Å². The van der Waals surface area contributed by atoms with Gasteiger partial charge in [-0.1, -0.05) is 0 Å². The number of carbonyl (C=O) groups excluding carboxylic acids is 1. The number of rotatable bonds is 6. The number of methoxy groups -OCH3 is 1. The van der Waals surface area contributed by atoms with Gasteiger partial charge in [0.25, 0.3) is 0 Å². The molecule has 2 heterocycles. The van der Waals surface area contributed by atoms with Crippen molar-refractivity contribution in [3.05, 3.63) is 58.2 Å². The fraction of sp³-hybridized carbons (Fsp3) is 0.217. The molecule has 4 rings (SSSR count). The first-order chi connectivity index (χ1) is 17.5. The number of nitrogens with one attached hydrogen (secondary N) is 1. The van der Waals surface area contributed by atoms with Crippen molar-refractivity contribution in [1.82, 2.24) is 15.1 Å². The molecule has 1 atom stereocenters. The van der Waals surface area contributed by atoms with Crippen LogP contribution in [0.2, 0.25) is 0 Å². The van der Waals surface area contributed by atoms with Crippen molar-refractivity contribution in [3.8, 4) is 23.1 Å². The number of alkyl halides is 3. The van der Waals surface area contributed by atoms with Crippen LogP contribution in [-0.2, 0) is 6.54 Å². The maximum atomic E-state index is 15.4. The number of carbonyl (C=O) groups is 1. The number of amides is 1. The number of ether oxygens (including phenoxy) is 1. The Bertz CT molecular complexity index is 1480. The van der Waals surface area contributed by atoms with Gasteiger partial charge in [-0.25, -0.2) is 0 Å². The topological polar surface area (TPSA) is 118 Å². The van der Waals surface area contributed by atoms with Gasteiger partial charge in [-0.3, -0.25) is 0 Å². The van der Waals surface area contributed by atoms with E-state index in [1.807, 2.05) is 0 Å². The molecule has 0 fully saturated rings. The zero-order valence-electron chi connectivity index (χ0n) is 19.2. The molecule has 8 nitrogen and oxygen atoms in total. The monoisotopic (exact) mass is 624 g/mol. The first-order valence-corrected chi connectivity index (χ1v) is 13.3. The summed E-state index contributed by atoms with van der Waals surface area (Å²) in [6.45, 7) is 0.582. The predicted molar refractivity (Wildman–Crippen MR) is 125 cm³/mol. The van der Waals surface area contributed by atoms with E-state index in [1.165, 1.54) is 19.4 Å². The fourth-order valence-corrected chi connectivity index (χ4v) is 6.61. The molecular weight excluding hydrogens is 606 g/mol. The molecule has 1 aliphatic rings. The standard InChI is InChI=1S/C23H17F5N6O2.Sn/c1-11(23(26,27)28)34-21(31)17(9-30)20(33-34)15-7-18(25)13(5-12(15)8-29)10-32-22(35)16-6-14(24)3-4-19(16)36-2;/h3-4,6-8,11H,10,31H2,1-2H3,(H,32,35);/q-1;+1. The molecule has 1 unspecified atom stereocenters. The van der Waals surface area contributed by atoms with Crippen LogP contribution in [0.25, 0.3) is 11.3 Å². The van der Waals surface area contributed by atoms with Crippen LogP contribution < -0.4 is 19.4 Å². The van der Waals surface area contributed by atoms with E-state index in [4.69, 9.17) is 10.5 Å². The van der Waals surface area contributed by atoms with Crippen LogP contribution in [0, 0.1) is 23.0 Å². The van der Waals surface area contributed by atoms with Crippen molar-refractivity contribution in [2.75, 3.05) is 12.8 Å². The molecule has 3 N–H and O–H groups in total. The number of nitrogens with two attached hydrogens (primary N) is 1. The number of anilines is 1. The molecule has 0 saturated heterocycles. The van der Waals surface area contributed by atoms with E-state index in [0.717, 1.165) is 25.1 Å². The summed E-state index contributed by atoms with van der Waals surface area (Å²) >= 11 is -1.73. The van der Waals surface area contributed by atoms with Crippen molar-refractivity contribution in [2.45, 2.75) is 25.7 Å². The molecule has 1 aliphatic heterocycles. The van der Waals surface area contributed by atoms with Crippen LogP contribution >= 0.6 is 0 Å². The average molecular weight is 623 g/mol. The van der Waals surface area contributed by atoms with Crippen LogP contribution in [0.15, 0.2) is 27.5 Å². The van der Waals surface area contributed by atoms with E-state index in [9.17, 15) is 27.6 Å². The number of aromatic nitrogens is 2. The number of halogens is 5. The molecule has 2 aromatic carbocycles. The molecule has 0 aliphatic carbocycles. The van der Waals surface area contributed by atoms with Gasteiger partial charge in [0.1, 0.15) is 0 Å². The Hall–Kier alpha value is -3.67. The van der Waals surface area contributed by atoms with E-state index < -0.39 is 57.0 Å². The van der Waals surface area contributed by atoms with Crippen molar-refractivity contribution in [1.29, 1.82) is 5.26 Å². The predicted octanol–water partition coefficient (Wildman–Crippen LogP) is 3.02. The van der Waals surface area contributed by atoms with Gasteiger partial charge in [0.05, 0.1) is 0 Å². The van der Waals surface area contributed by atoms with Crippen LogP contribution in [0.3, 0.4) is 0 Å². The summed E-state index contributed by atoms with van der Waals surface area (Å²) in [5.41, 5.74) is 5.84. The number of benzene rings is 2. The van der Waals surface area contributed by atoms with Crippen molar-refractivity contribution in [3.63, 3.8) is 0 Å². The van der Waals surface area contributed by atoms with Gasteiger partial charge in [0.15, 0.2) is 0 Å². The van der Waals surface area contributed by atoms with Gasteiger partial charge < -0.3 is 0 Å². The Balaban J connectivity index is 1.72. The zero-order valence-corrected chi connectivity index (χ0v) is 22.1. The molecule has 2 radical (unpaired) electrons. The SMILES string of the molecule is COc1ccc(F)cc1C(=O)NCc1c(F)cc(-c2nn(C(C)C(F)(F)F)c(N)c2C#N)c2[c]1[Sn][N]=C2. The third kappa shape index (κ3) is 4.85. The third-order valence-corrected chi connectivity index (χ3v) is 8.78. The minimum absolute atomic E-state index is 0.0768. The number of hydrogen-bond donors (Lipinski definition) is 2. The van der Waals surface area contributed by atoms with Gasteiger partial charge in [0, 0.05) is 0 Å². The number of nitrogens with zero attached hydrogens (tertiary/aromatic N) is 4. The molecular formula is C23H17F5N6O2Sn. The first kappa shape index (κ1) is 26.4. The molecule has 190 valence electrons. The summed E-state index contributed by atoms with van der Waals surface area (Å²) in [7, 11) is 1.32. The summed E-state index contributed by atoms with van der Waals surface area (Å²) in [4.78, 5) is 12.7. The summed E-state index contributed by atoms with van der Waals surface area (Å²) in [5.74, 6) is -2.49. The molecule has 3 aromatic rings. The van der Waals surface area contributed by atoms with Gasteiger partial charge in [-0.2, -0.15) is 0 Å². The van der Waals surface area contributed by atoms with E-state index in [-0.39, 0.29) is 40.2 Å². The van der Waals surface area contributed by atoms with Gasteiger partial charge in [-0.15, -0.1) is 0 Å². The van der Waals surface area contributed by atoms with Gasteiger partial charge >= 0.3 is 218 Å². The maximum absolute atomic E-state index is 15.4. The zero-order chi connectivity index (χ0) is 27.1. The Kier molecular flexibility index (Phi) is 7.13. The normalized spacial score (nSPS) is 13.2. The van der Waals surface area contributed by atoms with Crippen LogP contribution in [0.1, 0.15) is 40.0 Å². The number of fused-ring (bicyclic) bond motifs is 1. The molecule has 0 saturated carbocycles. The first-order valence-electron chi connectivity index (χ1n) is 10.6. The minimum atomic E-state index is -4.68. The van der Waals surface area contributed by atoms with Crippen molar-refractivity contribution < 1.29 is 31.5 Å². The van der Waals surface area contributed by atoms with Gasteiger partial charge in [-0.05, 0) is 0 Å². The second-order valence-corrected chi connectivity index (χ2v) is 10.8. The Morgan fingerprint density at radius 1 is 1.32 bits per heavy atom. The summed E-state index contributed by atoms with van der Waals surface area (Å²) in [6, 6.07) is 4.08. The summed E-state index contributed by atoms with van der Waals surface area (Å²) < 4.78 is 79.3. The second kappa shape index (κ2) is 10.0. The van der Waals surface area contributed by atoms with Crippen LogP contribution in [0.4, 0.5) is 27.8 Å². The van der Waals surface area contributed by atoms with Crippen LogP contribution in [-0.4, -0.2) is 56.6 Å².